The van der Waals surface area contributed by atoms with Crippen LogP contribution in [0, 0.1) is 0 Å². The van der Waals surface area contributed by atoms with Gasteiger partial charge in [-0.15, -0.1) is 0 Å². The van der Waals surface area contributed by atoms with E-state index in [0.29, 0.717) is 52.3 Å². The Kier molecular flexibility index (Phi) is 15.8. The van der Waals surface area contributed by atoms with Crippen molar-refractivity contribution >= 4 is 23.5 Å². The van der Waals surface area contributed by atoms with Gasteiger partial charge in [-0.1, -0.05) is 0 Å². The number of hydrogen-bond donors (Lipinski definition) is 0. The van der Waals surface area contributed by atoms with E-state index < -0.39 is 5.60 Å². The molecule has 0 aromatic rings. The fraction of sp³-hybridized carbons (Fsp3) is 1.00. The van der Waals surface area contributed by atoms with Gasteiger partial charge in [0, 0.05) is 37.8 Å². The zero-order valence-electron chi connectivity index (χ0n) is 22.6. The Labute approximate surface area is 207 Å². The van der Waals surface area contributed by atoms with Crippen LogP contribution in [-0.4, -0.2) is 97.5 Å². The molecule has 6 nitrogen and oxygen atoms in total. The fourth-order valence-electron chi connectivity index (χ4n) is 2.88. The zero-order valence-corrected chi connectivity index (χ0v) is 22.6. The maximum absolute atomic E-state index is 6.42. The SMILES string of the molecule is [B]C(C)OCCC(C)(C)OCC(COC(C)(C)CCOC([B])C)OC(C)(C)CCOC([B])C. The molecular formula is C24H47B3O6. The Balaban J connectivity index is 4.96. The third-order valence-corrected chi connectivity index (χ3v) is 5.06. The second-order valence-corrected chi connectivity index (χ2v) is 10.6. The summed E-state index contributed by atoms with van der Waals surface area (Å²) in [7, 11) is 17.0. The summed E-state index contributed by atoms with van der Waals surface area (Å²) in [6.07, 6.45) is 1.86. The normalized spacial score (nSPS) is 17.0. The van der Waals surface area contributed by atoms with Crippen molar-refractivity contribution < 1.29 is 28.4 Å². The van der Waals surface area contributed by atoms with Crippen molar-refractivity contribution in [3.05, 3.63) is 0 Å². The van der Waals surface area contributed by atoms with Gasteiger partial charge in [0.15, 0.2) is 0 Å². The van der Waals surface area contributed by atoms with Gasteiger partial charge in [-0.25, -0.2) is 0 Å². The van der Waals surface area contributed by atoms with Crippen LogP contribution in [0.15, 0.2) is 0 Å². The van der Waals surface area contributed by atoms with Crippen LogP contribution >= 0.6 is 0 Å². The van der Waals surface area contributed by atoms with Crippen LogP contribution in [0.2, 0.25) is 0 Å². The summed E-state index contributed by atoms with van der Waals surface area (Å²) < 4.78 is 35.3. The Hall–Kier alpha value is -0.0452. The minimum atomic E-state index is -0.434. The first kappa shape index (κ1) is 33.0. The minimum Gasteiger partial charge on any atom is -0.388 e. The topological polar surface area (TPSA) is 55.4 Å². The average Bonchev–Trinajstić information content (AvgIpc) is 2.62. The first-order chi connectivity index (χ1) is 15.0. The first-order valence-corrected chi connectivity index (χ1v) is 12.1. The lowest BCUT2D eigenvalue weighted by atomic mass is 10.0. The molecule has 9 heteroatoms. The standard InChI is InChI=1S/C24H47B3O6/c1-18(25)28-13-10-22(4,5)31-16-21(33-24(8,9)12-15-30-20(3)27)17-32-23(6,7)11-14-29-19(2)26/h18-21H,10-17H2,1-9H3. The predicted molar refractivity (Wildman–Crippen MR) is 136 cm³/mol. The van der Waals surface area contributed by atoms with Crippen LogP contribution in [0.25, 0.3) is 0 Å². The monoisotopic (exact) mass is 464 g/mol. The summed E-state index contributed by atoms with van der Waals surface area (Å²) in [5, 5.41) is 0. The fourth-order valence-corrected chi connectivity index (χ4v) is 2.88. The minimum absolute atomic E-state index is 0.266. The van der Waals surface area contributed by atoms with Crippen molar-refractivity contribution in [2.24, 2.45) is 0 Å². The Morgan fingerprint density at radius 1 is 0.545 bits per heavy atom. The summed E-state index contributed by atoms with van der Waals surface area (Å²) in [6.45, 7) is 20.0. The number of hydrogen-bond acceptors (Lipinski definition) is 6. The first-order valence-electron chi connectivity index (χ1n) is 12.1. The van der Waals surface area contributed by atoms with Crippen LogP contribution in [0.5, 0.6) is 0 Å². The lowest BCUT2D eigenvalue weighted by Gasteiger charge is -2.35. The van der Waals surface area contributed by atoms with Gasteiger partial charge in [-0.05, 0) is 81.6 Å². The van der Waals surface area contributed by atoms with Gasteiger partial charge < -0.3 is 28.4 Å². The van der Waals surface area contributed by atoms with E-state index in [1.165, 1.54) is 0 Å². The molecule has 0 aliphatic heterocycles. The van der Waals surface area contributed by atoms with E-state index >= 15 is 0 Å². The van der Waals surface area contributed by atoms with E-state index in [4.69, 9.17) is 52.0 Å². The lowest BCUT2D eigenvalue weighted by molar-refractivity contribution is -0.174. The molecule has 6 radical (unpaired) electrons. The third kappa shape index (κ3) is 19.9. The van der Waals surface area contributed by atoms with Gasteiger partial charge >= 0.3 is 0 Å². The highest BCUT2D eigenvalue weighted by atomic mass is 16.6. The van der Waals surface area contributed by atoms with Gasteiger partial charge in [-0.2, -0.15) is 0 Å². The van der Waals surface area contributed by atoms with E-state index in [-0.39, 0.29) is 35.3 Å². The maximum atomic E-state index is 6.42. The van der Waals surface area contributed by atoms with Gasteiger partial charge in [0.2, 0.25) is 0 Å². The molecule has 0 aliphatic rings. The summed E-state index contributed by atoms with van der Waals surface area (Å²) >= 11 is 0. The van der Waals surface area contributed by atoms with Crippen LogP contribution in [0.4, 0.5) is 0 Å². The molecule has 3 atom stereocenters. The van der Waals surface area contributed by atoms with Gasteiger partial charge in [0.25, 0.3) is 0 Å². The Morgan fingerprint density at radius 2 is 0.848 bits per heavy atom. The quantitative estimate of drug-likeness (QED) is 0.257. The van der Waals surface area contributed by atoms with E-state index in [9.17, 15) is 0 Å². The molecule has 188 valence electrons. The molecule has 3 unspecified atom stereocenters. The zero-order chi connectivity index (χ0) is 25.7. The van der Waals surface area contributed by atoms with Crippen molar-refractivity contribution in [3.63, 3.8) is 0 Å². The van der Waals surface area contributed by atoms with E-state index in [1.807, 2.05) is 62.3 Å². The highest BCUT2D eigenvalue weighted by Crippen LogP contribution is 2.23. The molecule has 0 fully saturated rings. The molecule has 0 aromatic carbocycles. The maximum Gasteiger partial charge on any atom is 0.108 e. The summed E-state index contributed by atoms with van der Waals surface area (Å²) in [6, 6.07) is -0.891. The second kappa shape index (κ2) is 15.8. The van der Waals surface area contributed by atoms with Gasteiger partial charge in [-0.3, -0.25) is 0 Å². The van der Waals surface area contributed by atoms with Gasteiger partial charge in [0.1, 0.15) is 29.6 Å². The van der Waals surface area contributed by atoms with Crippen LogP contribution in [-0.2, 0) is 28.4 Å². The summed E-state index contributed by atoms with van der Waals surface area (Å²) in [4.78, 5) is 0. The van der Waals surface area contributed by atoms with Crippen molar-refractivity contribution in [2.75, 3.05) is 33.0 Å². The highest BCUT2D eigenvalue weighted by Gasteiger charge is 2.29. The third-order valence-electron chi connectivity index (χ3n) is 5.06. The summed E-state index contributed by atoms with van der Waals surface area (Å²) in [5.74, 6) is 0. The molecular weight excluding hydrogens is 417 g/mol. The predicted octanol–water partition coefficient (Wildman–Crippen LogP) is 3.50. The molecule has 0 spiro atoms. The van der Waals surface area contributed by atoms with E-state index in [2.05, 4.69) is 0 Å². The number of rotatable bonds is 20. The molecule has 33 heavy (non-hydrogen) atoms. The van der Waals surface area contributed by atoms with Gasteiger partial charge in [0.05, 0.1) is 30.0 Å². The van der Waals surface area contributed by atoms with Crippen LogP contribution in [0.3, 0.4) is 0 Å². The molecule has 0 saturated heterocycles. The van der Waals surface area contributed by atoms with E-state index in [0.717, 1.165) is 0 Å². The molecule has 0 bridgehead atoms. The average molecular weight is 464 g/mol. The van der Waals surface area contributed by atoms with Crippen molar-refractivity contribution in [2.45, 2.75) is 122 Å². The van der Waals surface area contributed by atoms with E-state index in [1.54, 1.807) is 0 Å². The summed E-state index contributed by atoms with van der Waals surface area (Å²) in [5.41, 5.74) is -1.21. The Bertz CT molecular complexity index is 469. The molecule has 0 aliphatic carbocycles. The smallest absolute Gasteiger partial charge is 0.108 e. The molecule has 0 heterocycles. The molecule has 0 aromatic heterocycles. The number of ether oxygens (including phenoxy) is 6. The van der Waals surface area contributed by atoms with Crippen molar-refractivity contribution in [1.82, 2.24) is 0 Å². The molecule has 0 saturated carbocycles. The van der Waals surface area contributed by atoms with Crippen LogP contribution in [0.1, 0.15) is 81.6 Å². The van der Waals surface area contributed by atoms with Crippen molar-refractivity contribution in [3.8, 4) is 0 Å². The molecule has 0 amide bonds. The lowest BCUT2D eigenvalue weighted by Crippen LogP contribution is -2.42. The largest absolute Gasteiger partial charge is 0.388 e. The highest BCUT2D eigenvalue weighted by molar-refractivity contribution is 6.11. The van der Waals surface area contributed by atoms with Crippen molar-refractivity contribution in [1.29, 1.82) is 0 Å². The molecule has 0 rings (SSSR count). The van der Waals surface area contributed by atoms with Crippen LogP contribution < -0.4 is 0 Å². The second-order valence-electron chi connectivity index (χ2n) is 10.6. The Morgan fingerprint density at radius 3 is 1.15 bits per heavy atom. The molecule has 0 N–H and O–H groups in total.